The number of nitrogens with one attached hydrogen (secondary N) is 1. The molecular weight excluding hydrogens is 244 g/mol. The number of aromatic nitrogens is 5. The Hall–Kier alpha value is -2.44. The smallest absolute Gasteiger partial charge is 0.243 e. The first-order valence-electron chi connectivity index (χ1n) is 6.07. The van der Waals surface area contributed by atoms with E-state index >= 15 is 0 Å². The molecule has 98 valence electrons. The average molecular weight is 258 g/mol. The Labute approximate surface area is 109 Å². The molecule has 0 atom stereocenters. The van der Waals surface area contributed by atoms with Crippen LogP contribution in [0, 0.1) is 13.8 Å². The van der Waals surface area contributed by atoms with Crippen molar-refractivity contribution >= 4 is 11.6 Å². The molecule has 3 rings (SSSR count). The van der Waals surface area contributed by atoms with Gasteiger partial charge < -0.3 is 9.84 Å². The van der Waals surface area contributed by atoms with Crippen LogP contribution in [0.1, 0.15) is 17.3 Å². The highest BCUT2D eigenvalue weighted by molar-refractivity contribution is 5.49. The lowest BCUT2D eigenvalue weighted by molar-refractivity contribution is 0.387. The van der Waals surface area contributed by atoms with Crippen molar-refractivity contribution in [1.29, 1.82) is 0 Å². The minimum absolute atomic E-state index is 0.580. The Kier molecular flexibility index (Phi) is 2.86. The van der Waals surface area contributed by atoms with Crippen LogP contribution < -0.4 is 5.32 Å². The summed E-state index contributed by atoms with van der Waals surface area (Å²) >= 11 is 0. The third kappa shape index (κ3) is 2.40. The van der Waals surface area contributed by atoms with Crippen LogP contribution in [0.4, 0.5) is 5.95 Å². The van der Waals surface area contributed by atoms with Crippen LogP contribution in [0.25, 0.3) is 5.65 Å². The summed E-state index contributed by atoms with van der Waals surface area (Å²) in [5.74, 6) is 1.87. The molecular formula is C12H14N6O. The third-order valence-electron chi connectivity index (χ3n) is 2.76. The Balaban J connectivity index is 1.67. The summed E-state index contributed by atoms with van der Waals surface area (Å²) in [5.41, 5.74) is 1.96. The summed E-state index contributed by atoms with van der Waals surface area (Å²) in [6, 6.07) is 3.96. The molecule has 0 aliphatic carbocycles. The lowest BCUT2D eigenvalue weighted by atomic mass is 10.3. The lowest BCUT2D eigenvalue weighted by Crippen LogP contribution is -2.07. The van der Waals surface area contributed by atoms with Crippen molar-refractivity contribution in [2.75, 3.05) is 11.9 Å². The fraction of sp³-hybridized carbons (Fsp3) is 0.333. The molecule has 7 heteroatoms. The number of rotatable bonds is 4. The summed E-state index contributed by atoms with van der Waals surface area (Å²) in [4.78, 5) is 8.56. The maximum Gasteiger partial charge on any atom is 0.243 e. The Morgan fingerprint density at radius 1 is 1.32 bits per heavy atom. The number of pyridine rings is 1. The number of anilines is 1. The van der Waals surface area contributed by atoms with Crippen LogP contribution in [0.3, 0.4) is 0 Å². The fourth-order valence-electron chi connectivity index (χ4n) is 1.84. The van der Waals surface area contributed by atoms with E-state index in [1.807, 2.05) is 25.3 Å². The van der Waals surface area contributed by atoms with Gasteiger partial charge in [-0.15, -0.1) is 5.10 Å². The molecule has 19 heavy (non-hydrogen) atoms. The van der Waals surface area contributed by atoms with Crippen LogP contribution in [-0.2, 0) is 6.42 Å². The molecule has 0 aromatic carbocycles. The molecule has 0 unspecified atom stereocenters. The zero-order valence-corrected chi connectivity index (χ0v) is 10.8. The van der Waals surface area contributed by atoms with E-state index in [9.17, 15) is 0 Å². The second-order valence-electron chi connectivity index (χ2n) is 4.30. The van der Waals surface area contributed by atoms with Crippen molar-refractivity contribution in [2.24, 2.45) is 0 Å². The minimum Gasteiger partial charge on any atom is -0.352 e. The molecule has 7 nitrogen and oxygen atoms in total. The van der Waals surface area contributed by atoms with Crippen molar-refractivity contribution in [3.63, 3.8) is 0 Å². The summed E-state index contributed by atoms with van der Waals surface area (Å²) in [5, 5.41) is 11.3. The highest BCUT2D eigenvalue weighted by atomic mass is 16.5. The monoisotopic (exact) mass is 258 g/mol. The van der Waals surface area contributed by atoms with Crippen LogP contribution in [0.2, 0.25) is 0 Å². The zero-order chi connectivity index (χ0) is 13.2. The third-order valence-corrected chi connectivity index (χ3v) is 2.76. The molecule has 0 bridgehead atoms. The van der Waals surface area contributed by atoms with Gasteiger partial charge in [-0.1, -0.05) is 11.2 Å². The van der Waals surface area contributed by atoms with Crippen LogP contribution in [-0.4, -0.2) is 31.3 Å². The van der Waals surface area contributed by atoms with Crippen molar-refractivity contribution in [3.05, 3.63) is 35.6 Å². The highest BCUT2D eigenvalue weighted by Crippen LogP contribution is 2.09. The molecule has 0 aliphatic heterocycles. The van der Waals surface area contributed by atoms with Gasteiger partial charge in [0.05, 0.1) is 0 Å². The topological polar surface area (TPSA) is 81.1 Å². The fourth-order valence-corrected chi connectivity index (χ4v) is 1.84. The van der Waals surface area contributed by atoms with Gasteiger partial charge in [0.1, 0.15) is 0 Å². The maximum atomic E-state index is 4.91. The molecule has 3 heterocycles. The molecule has 3 aromatic heterocycles. The molecule has 0 radical (unpaired) electrons. The molecule has 0 aliphatic rings. The summed E-state index contributed by atoms with van der Waals surface area (Å²) in [7, 11) is 0. The van der Waals surface area contributed by atoms with Gasteiger partial charge in [-0.3, -0.25) is 0 Å². The van der Waals surface area contributed by atoms with Gasteiger partial charge in [0.15, 0.2) is 11.5 Å². The van der Waals surface area contributed by atoms with E-state index < -0.39 is 0 Å². The lowest BCUT2D eigenvalue weighted by Gasteiger charge is -1.96. The van der Waals surface area contributed by atoms with E-state index in [4.69, 9.17) is 4.52 Å². The Morgan fingerprint density at radius 2 is 2.21 bits per heavy atom. The number of aryl methyl sites for hydroxylation is 2. The van der Waals surface area contributed by atoms with Crippen LogP contribution in [0.15, 0.2) is 22.9 Å². The molecule has 0 spiro atoms. The standard InChI is InChI=1S/C12H14N6O/c1-8-4-3-7-18-11(8)15-12(16-18)13-6-5-10-14-9(2)19-17-10/h3-4,7H,5-6H2,1-2H3,(H,13,16). The second kappa shape index (κ2) is 4.68. The quantitative estimate of drug-likeness (QED) is 0.761. The van der Waals surface area contributed by atoms with E-state index in [0.717, 1.165) is 11.2 Å². The molecule has 3 aromatic rings. The normalized spacial score (nSPS) is 11.1. The largest absolute Gasteiger partial charge is 0.352 e. The SMILES string of the molecule is Cc1nc(CCNc2nc3c(C)cccn3n2)no1. The summed E-state index contributed by atoms with van der Waals surface area (Å²) in [6.07, 6.45) is 2.55. The number of fused-ring (bicyclic) bond motifs is 1. The van der Waals surface area contributed by atoms with Gasteiger partial charge in [-0.2, -0.15) is 9.97 Å². The second-order valence-corrected chi connectivity index (χ2v) is 4.30. The number of hydrogen-bond acceptors (Lipinski definition) is 6. The predicted molar refractivity (Wildman–Crippen MR) is 69.0 cm³/mol. The van der Waals surface area contributed by atoms with Gasteiger partial charge >= 0.3 is 0 Å². The minimum atomic E-state index is 0.580. The first kappa shape index (κ1) is 11.6. The van der Waals surface area contributed by atoms with E-state index in [2.05, 4.69) is 25.5 Å². The average Bonchev–Trinajstić information content (AvgIpc) is 2.97. The molecule has 0 saturated heterocycles. The van der Waals surface area contributed by atoms with Crippen LogP contribution >= 0.6 is 0 Å². The summed E-state index contributed by atoms with van der Waals surface area (Å²) < 4.78 is 6.67. The first-order chi connectivity index (χ1) is 9.22. The number of nitrogens with zero attached hydrogens (tertiary/aromatic N) is 5. The van der Waals surface area contributed by atoms with Crippen molar-refractivity contribution in [3.8, 4) is 0 Å². The molecule has 0 fully saturated rings. The van der Waals surface area contributed by atoms with Crippen molar-refractivity contribution < 1.29 is 4.52 Å². The van der Waals surface area contributed by atoms with E-state index in [-0.39, 0.29) is 0 Å². The predicted octanol–water partition coefficient (Wildman–Crippen LogP) is 1.38. The van der Waals surface area contributed by atoms with Gasteiger partial charge in [-0.05, 0) is 18.6 Å². The summed E-state index contributed by atoms with van der Waals surface area (Å²) in [6.45, 7) is 4.45. The molecule has 1 N–H and O–H groups in total. The van der Waals surface area contributed by atoms with E-state index in [1.165, 1.54) is 0 Å². The number of hydrogen-bond donors (Lipinski definition) is 1. The van der Waals surface area contributed by atoms with E-state index in [0.29, 0.717) is 30.6 Å². The van der Waals surface area contributed by atoms with Gasteiger partial charge in [0.2, 0.25) is 11.8 Å². The Morgan fingerprint density at radius 3 is 2.95 bits per heavy atom. The van der Waals surface area contributed by atoms with Crippen molar-refractivity contribution in [1.82, 2.24) is 24.7 Å². The molecule has 0 amide bonds. The van der Waals surface area contributed by atoms with Gasteiger partial charge in [0, 0.05) is 26.1 Å². The maximum absolute atomic E-state index is 4.91. The molecule has 0 saturated carbocycles. The Bertz CT molecular complexity index is 701. The van der Waals surface area contributed by atoms with Gasteiger partial charge in [0.25, 0.3) is 0 Å². The van der Waals surface area contributed by atoms with Gasteiger partial charge in [-0.25, -0.2) is 4.52 Å². The zero-order valence-electron chi connectivity index (χ0n) is 10.8. The highest BCUT2D eigenvalue weighted by Gasteiger charge is 2.06. The first-order valence-corrected chi connectivity index (χ1v) is 6.07. The van der Waals surface area contributed by atoms with Crippen LogP contribution in [0.5, 0.6) is 0 Å². The van der Waals surface area contributed by atoms with Crippen molar-refractivity contribution in [2.45, 2.75) is 20.3 Å². The van der Waals surface area contributed by atoms with E-state index in [1.54, 1.807) is 11.4 Å².